The molecule has 0 bridgehead atoms. The van der Waals surface area contributed by atoms with Crippen molar-refractivity contribution in [2.45, 2.75) is 7.43 Å². The van der Waals surface area contributed by atoms with Gasteiger partial charge in [-0.2, -0.15) is 0 Å². The van der Waals surface area contributed by atoms with Crippen molar-refractivity contribution in [2.24, 2.45) is 0 Å². The molecule has 0 amide bonds. The van der Waals surface area contributed by atoms with Crippen LogP contribution in [0.5, 0.6) is 0 Å². The van der Waals surface area contributed by atoms with E-state index in [0.717, 1.165) is 15.4 Å². The zero-order valence-electron chi connectivity index (χ0n) is 4.67. The first kappa shape index (κ1) is 9.62. The fraction of sp³-hybridized carbons (Fsp3) is 0.125. The monoisotopic (exact) mass is 248 g/mol. The number of hydrogen-bond acceptors (Lipinski definition) is 1. The smallest absolute Gasteiger partial charge is 0.151 e. The maximum Gasteiger partial charge on any atom is 0.151 e. The topological polar surface area (TPSA) is 17.1 Å². The van der Waals surface area contributed by atoms with E-state index in [1.165, 1.54) is 0 Å². The Morgan fingerprint density at radius 1 is 1.30 bits per heavy atom. The minimum Gasteiger partial charge on any atom is -0.298 e. The number of carbonyl (C=O) groups excluding carboxylic acids is 1. The summed E-state index contributed by atoms with van der Waals surface area (Å²) in [6, 6.07) is 7.47. The lowest BCUT2D eigenvalue weighted by atomic mass is 10.2. The Labute approximate surface area is 74.6 Å². The predicted molar refractivity (Wildman–Crippen MR) is 51.3 cm³/mol. The highest BCUT2D eigenvalue weighted by Crippen LogP contribution is 2.07. The summed E-state index contributed by atoms with van der Waals surface area (Å²) in [5.41, 5.74) is 0.762. The van der Waals surface area contributed by atoms with Crippen molar-refractivity contribution < 1.29 is 4.79 Å². The maximum absolute atomic E-state index is 10.2. The summed E-state index contributed by atoms with van der Waals surface area (Å²) >= 11 is 2.13. The maximum atomic E-state index is 10.2. The third kappa shape index (κ3) is 2.10. The molecule has 0 unspecified atom stereocenters. The first-order valence-electron chi connectivity index (χ1n) is 2.54. The molecule has 0 saturated carbocycles. The van der Waals surface area contributed by atoms with Crippen LogP contribution in [-0.2, 0) is 0 Å². The fourth-order valence-electron chi connectivity index (χ4n) is 0.571. The van der Waals surface area contributed by atoms with Crippen LogP contribution in [0.25, 0.3) is 0 Å². The van der Waals surface area contributed by atoms with Crippen LogP contribution in [0.2, 0.25) is 0 Å². The van der Waals surface area contributed by atoms with Gasteiger partial charge in [-0.05, 0) is 28.7 Å². The van der Waals surface area contributed by atoms with Crippen molar-refractivity contribution in [3.05, 3.63) is 33.4 Å². The predicted octanol–water partition coefficient (Wildman–Crippen LogP) is 2.74. The quantitative estimate of drug-likeness (QED) is 0.551. The summed E-state index contributed by atoms with van der Waals surface area (Å²) in [6.07, 6.45) is 0.863. The molecule has 0 saturated heterocycles. The molecule has 1 aromatic carbocycles. The molecule has 54 valence electrons. The first-order chi connectivity index (χ1) is 4.34. The van der Waals surface area contributed by atoms with E-state index in [0.29, 0.717) is 0 Å². The van der Waals surface area contributed by atoms with Gasteiger partial charge in [-0.3, -0.25) is 4.79 Å². The van der Waals surface area contributed by atoms with Crippen LogP contribution in [0.15, 0.2) is 24.3 Å². The third-order valence-corrected chi connectivity index (χ3v) is 2.01. The number of rotatable bonds is 1. The summed E-state index contributed by atoms with van der Waals surface area (Å²) in [4.78, 5) is 10.2. The fourth-order valence-corrected chi connectivity index (χ4v) is 1.09. The van der Waals surface area contributed by atoms with E-state index < -0.39 is 0 Å². The van der Waals surface area contributed by atoms with Gasteiger partial charge in [0.2, 0.25) is 0 Å². The highest BCUT2D eigenvalue weighted by molar-refractivity contribution is 14.1. The van der Waals surface area contributed by atoms with E-state index in [2.05, 4.69) is 22.6 Å². The van der Waals surface area contributed by atoms with E-state index in [1.54, 1.807) is 6.07 Å². The molecule has 10 heavy (non-hydrogen) atoms. The van der Waals surface area contributed by atoms with Crippen molar-refractivity contribution in [3.8, 4) is 0 Å². The van der Waals surface area contributed by atoms with Crippen LogP contribution in [0, 0.1) is 3.57 Å². The van der Waals surface area contributed by atoms with Gasteiger partial charge in [-0.1, -0.05) is 25.6 Å². The molecule has 1 aromatic rings. The van der Waals surface area contributed by atoms with Crippen molar-refractivity contribution >= 4 is 28.9 Å². The SMILES string of the molecule is C.O=Cc1ccccc1I. The lowest BCUT2D eigenvalue weighted by Crippen LogP contribution is -1.81. The summed E-state index contributed by atoms with van der Waals surface area (Å²) < 4.78 is 1.00. The molecule has 0 heterocycles. The number of aldehydes is 1. The van der Waals surface area contributed by atoms with Crippen LogP contribution in [-0.4, -0.2) is 6.29 Å². The van der Waals surface area contributed by atoms with E-state index in [-0.39, 0.29) is 7.43 Å². The highest BCUT2D eigenvalue weighted by atomic mass is 127. The lowest BCUT2D eigenvalue weighted by molar-refractivity contribution is 0.112. The van der Waals surface area contributed by atoms with Gasteiger partial charge in [0.25, 0.3) is 0 Å². The Kier molecular flexibility index (Phi) is 4.27. The second-order valence-electron chi connectivity index (χ2n) is 1.64. The Balaban J connectivity index is 0.000000810. The van der Waals surface area contributed by atoms with Gasteiger partial charge < -0.3 is 0 Å². The van der Waals surface area contributed by atoms with Crippen molar-refractivity contribution in [1.82, 2.24) is 0 Å². The third-order valence-electron chi connectivity index (χ3n) is 1.03. The van der Waals surface area contributed by atoms with Gasteiger partial charge in [0.15, 0.2) is 6.29 Å². The van der Waals surface area contributed by atoms with Crippen LogP contribution >= 0.6 is 22.6 Å². The minimum atomic E-state index is 0. The second-order valence-corrected chi connectivity index (χ2v) is 2.80. The van der Waals surface area contributed by atoms with E-state index in [1.807, 2.05) is 18.2 Å². The Morgan fingerprint density at radius 3 is 2.30 bits per heavy atom. The molecule has 0 fully saturated rings. The molecule has 1 nitrogen and oxygen atoms in total. The molecule has 0 atom stereocenters. The summed E-state index contributed by atoms with van der Waals surface area (Å²) in [6.45, 7) is 0. The molecule has 0 radical (unpaired) electrons. The zero-order valence-corrected chi connectivity index (χ0v) is 6.83. The van der Waals surface area contributed by atoms with Crippen LogP contribution in [0.1, 0.15) is 17.8 Å². The lowest BCUT2D eigenvalue weighted by Gasteiger charge is -1.90. The average Bonchev–Trinajstić information content (AvgIpc) is 1.89. The Hall–Kier alpha value is -0.380. The molecule has 1 rings (SSSR count). The largest absolute Gasteiger partial charge is 0.298 e. The summed E-state index contributed by atoms with van der Waals surface area (Å²) in [5.74, 6) is 0. The molecular formula is C8H9IO. The molecule has 0 N–H and O–H groups in total. The summed E-state index contributed by atoms with van der Waals surface area (Å²) in [5, 5.41) is 0. The van der Waals surface area contributed by atoms with Gasteiger partial charge >= 0.3 is 0 Å². The van der Waals surface area contributed by atoms with Crippen molar-refractivity contribution in [1.29, 1.82) is 0 Å². The normalized spacial score (nSPS) is 8.10. The summed E-state index contributed by atoms with van der Waals surface area (Å²) in [7, 11) is 0. The molecule has 2 heteroatoms. The zero-order chi connectivity index (χ0) is 6.69. The number of hydrogen-bond donors (Lipinski definition) is 0. The van der Waals surface area contributed by atoms with Gasteiger partial charge in [0.05, 0.1) is 0 Å². The number of benzene rings is 1. The van der Waals surface area contributed by atoms with Crippen molar-refractivity contribution in [2.75, 3.05) is 0 Å². The Bertz CT molecular complexity index is 220. The molecule has 0 aliphatic carbocycles. The van der Waals surface area contributed by atoms with Crippen LogP contribution < -0.4 is 0 Å². The Morgan fingerprint density at radius 2 is 1.90 bits per heavy atom. The van der Waals surface area contributed by atoms with Gasteiger partial charge in [-0.25, -0.2) is 0 Å². The van der Waals surface area contributed by atoms with Gasteiger partial charge in [0, 0.05) is 9.13 Å². The standard InChI is InChI=1S/C7H5IO.CH4/c8-7-4-2-1-3-6(7)5-9;/h1-5H;1H4. The van der Waals surface area contributed by atoms with Crippen LogP contribution in [0.4, 0.5) is 0 Å². The number of halogens is 1. The van der Waals surface area contributed by atoms with Crippen molar-refractivity contribution in [3.63, 3.8) is 0 Å². The molecule has 0 aromatic heterocycles. The van der Waals surface area contributed by atoms with Gasteiger partial charge in [0.1, 0.15) is 0 Å². The van der Waals surface area contributed by atoms with Crippen LogP contribution in [0.3, 0.4) is 0 Å². The van der Waals surface area contributed by atoms with Gasteiger partial charge in [-0.15, -0.1) is 0 Å². The first-order valence-corrected chi connectivity index (χ1v) is 3.62. The molecule has 0 aliphatic rings. The average molecular weight is 248 g/mol. The highest BCUT2D eigenvalue weighted by Gasteiger charge is 1.91. The van der Waals surface area contributed by atoms with E-state index in [4.69, 9.17) is 0 Å². The van der Waals surface area contributed by atoms with E-state index >= 15 is 0 Å². The molecular weight excluding hydrogens is 239 g/mol. The van der Waals surface area contributed by atoms with E-state index in [9.17, 15) is 4.79 Å². The minimum absolute atomic E-state index is 0. The molecule has 0 aliphatic heterocycles. The number of carbonyl (C=O) groups is 1. The molecule has 0 spiro atoms. The second kappa shape index (κ2) is 4.44.